The maximum atomic E-state index is 9.62. The minimum absolute atomic E-state index is 0.0234. The molecule has 2 unspecified atom stereocenters. The van der Waals surface area contributed by atoms with Crippen LogP contribution < -0.4 is 11.1 Å². The number of anilines is 2. The Morgan fingerprint density at radius 1 is 1.19 bits per heavy atom. The number of hydrogen-bond acceptors (Lipinski definition) is 4. The van der Waals surface area contributed by atoms with Gasteiger partial charge in [0.2, 0.25) is 0 Å². The molecule has 21 heavy (non-hydrogen) atoms. The first-order chi connectivity index (χ1) is 10.1. The van der Waals surface area contributed by atoms with Gasteiger partial charge in [-0.05, 0) is 42.7 Å². The van der Waals surface area contributed by atoms with Crippen LogP contribution in [0.3, 0.4) is 0 Å². The standard InChI is InChI=1S/C17H22N2OS/c1-12-9-14(7-8-15(12)18)19-16(11-20)17(21)10-13-5-3-2-4-6-13/h2-9,16-17,19-21H,10-11,18H2,1H3. The first kappa shape index (κ1) is 15.7. The molecule has 0 aromatic heterocycles. The van der Waals surface area contributed by atoms with Gasteiger partial charge in [0.05, 0.1) is 12.6 Å². The summed E-state index contributed by atoms with van der Waals surface area (Å²) in [6.45, 7) is 2.00. The Kier molecular flexibility index (Phi) is 5.53. The zero-order valence-corrected chi connectivity index (χ0v) is 13.1. The van der Waals surface area contributed by atoms with E-state index in [1.807, 2.05) is 43.3 Å². The van der Waals surface area contributed by atoms with E-state index >= 15 is 0 Å². The van der Waals surface area contributed by atoms with Gasteiger partial charge in [-0.25, -0.2) is 0 Å². The average molecular weight is 302 g/mol. The minimum Gasteiger partial charge on any atom is -0.399 e. The molecule has 4 N–H and O–H groups in total. The van der Waals surface area contributed by atoms with E-state index in [-0.39, 0.29) is 17.9 Å². The van der Waals surface area contributed by atoms with Gasteiger partial charge in [0.1, 0.15) is 0 Å². The number of nitrogens with two attached hydrogens (primary N) is 1. The van der Waals surface area contributed by atoms with Crippen LogP contribution in [0.15, 0.2) is 48.5 Å². The minimum atomic E-state index is -0.114. The quantitative estimate of drug-likeness (QED) is 0.490. The molecule has 0 saturated carbocycles. The molecular weight excluding hydrogens is 280 g/mol. The van der Waals surface area contributed by atoms with Crippen LogP contribution in [0.25, 0.3) is 0 Å². The number of rotatable bonds is 6. The van der Waals surface area contributed by atoms with Crippen LogP contribution in [0.2, 0.25) is 0 Å². The van der Waals surface area contributed by atoms with Crippen molar-refractivity contribution in [1.82, 2.24) is 0 Å². The summed E-state index contributed by atoms with van der Waals surface area (Å²) in [5, 5.41) is 13.0. The lowest BCUT2D eigenvalue weighted by molar-refractivity contribution is 0.272. The summed E-state index contributed by atoms with van der Waals surface area (Å²) in [5.41, 5.74) is 9.78. The zero-order chi connectivity index (χ0) is 15.2. The number of benzene rings is 2. The lowest BCUT2D eigenvalue weighted by atomic mass is 10.0. The summed E-state index contributed by atoms with van der Waals surface area (Å²) in [4.78, 5) is 0. The van der Waals surface area contributed by atoms with E-state index in [0.717, 1.165) is 23.4 Å². The molecule has 0 aliphatic heterocycles. The first-order valence-corrected chi connectivity index (χ1v) is 7.57. The highest BCUT2D eigenvalue weighted by atomic mass is 32.1. The second-order valence-electron chi connectivity index (χ2n) is 5.26. The highest BCUT2D eigenvalue weighted by molar-refractivity contribution is 7.81. The van der Waals surface area contributed by atoms with Crippen molar-refractivity contribution >= 4 is 24.0 Å². The van der Waals surface area contributed by atoms with Gasteiger partial charge < -0.3 is 16.2 Å². The number of thiol groups is 1. The molecule has 2 aromatic rings. The normalized spacial score (nSPS) is 13.7. The summed E-state index contributed by atoms with van der Waals surface area (Å²) in [6, 6.07) is 15.8. The smallest absolute Gasteiger partial charge is 0.0643 e. The van der Waals surface area contributed by atoms with E-state index in [1.165, 1.54) is 5.56 Å². The van der Waals surface area contributed by atoms with Gasteiger partial charge in [0.15, 0.2) is 0 Å². The predicted molar refractivity (Wildman–Crippen MR) is 93.0 cm³/mol. The highest BCUT2D eigenvalue weighted by Gasteiger charge is 2.17. The van der Waals surface area contributed by atoms with Crippen LogP contribution in [-0.4, -0.2) is 23.0 Å². The molecule has 112 valence electrons. The lowest BCUT2D eigenvalue weighted by Gasteiger charge is -2.24. The van der Waals surface area contributed by atoms with Gasteiger partial charge in [-0.3, -0.25) is 0 Å². The molecule has 0 spiro atoms. The molecule has 0 amide bonds. The van der Waals surface area contributed by atoms with Crippen molar-refractivity contribution in [2.24, 2.45) is 0 Å². The maximum Gasteiger partial charge on any atom is 0.0643 e. The Hall–Kier alpha value is -1.65. The van der Waals surface area contributed by atoms with E-state index in [2.05, 4.69) is 30.1 Å². The Labute approximate surface area is 131 Å². The van der Waals surface area contributed by atoms with E-state index in [9.17, 15) is 5.11 Å². The van der Waals surface area contributed by atoms with Crippen LogP contribution in [0.5, 0.6) is 0 Å². The zero-order valence-electron chi connectivity index (χ0n) is 12.2. The molecule has 0 saturated heterocycles. The summed E-state index contributed by atoms with van der Waals surface area (Å²) < 4.78 is 0. The SMILES string of the molecule is Cc1cc(NC(CO)C(S)Cc2ccccc2)ccc1N. The van der Waals surface area contributed by atoms with Crippen LogP contribution in [0, 0.1) is 6.92 Å². The first-order valence-electron chi connectivity index (χ1n) is 7.05. The molecule has 0 bridgehead atoms. The molecule has 3 nitrogen and oxygen atoms in total. The number of aliphatic hydroxyl groups excluding tert-OH is 1. The van der Waals surface area contributed by atoms with Crippen molar-refractivity contribution in [3.05, 3.63) is 59.7 Å². The fraction of sp³-hybridized carbons (Fsp3) is 0.294. The Balaban J connectivity index is 2.03. The monoisotopic (exact) mass is 302 g/mol. The Morgan fingerprint density at radius 3 is 2.52 bits per heavy atom. The van der Waals surface area contributed by atoms with Gasteiger partial charge in [0.25, 0.3) is 0 Å². The van der Waals surface area contributed by atoms with Crippen molar-refractivity contribution in [3.63, 3.8) is 0 Å². The molecule has 0 fully saturated rings. The maximum absolute atomic E-state index is 9.62. The number of nitrogens with one attached hydrogen (secondary N) is 1. The summed E-state index contributed by atoms with van der Waals surface area (Å²) in [6.07, 6.45) is 0.802. The second kappa shape index (κ2) is 7.38. The van der Waals surface area contributed by atoms with Crippen LogP contribution >= 0.6 is 12.6 Å². The molecule has 0 radical (unpaired) electrons. The molecule has 2 atom stereocenters. The molecule has 0 heterocycles. The second-order valence-corrected chi connectivity index (χ2v) is 5.93. The molecule has 4 heteroatoms. The summed E-state index contributed by atoms with van der Waals surface area (Å²) in [5.74, 6) is 0. The predicted octanol–water partition coefficient (Wildman–Crippen LogP) is 2.89. The molecular formula is C17H22N2OS. The van der Waals surface area contributed by atoms with Crippen LogP contribution in [-0.2, 0) is 6.42 Å². The van der Waals surface area contributed by atoms with Gasteiger partial charge in [-0.1, -0.05) is 30.3 Å². The number of aryl methyl sites for hydroxylation is 1. The van der Waals surface area contributed by atoms with Gasteiger partial charge >= 0.3 is 0 Å². The average Bonchev–Trinajstić information content (AvgIpc) is 2.49. The van der Waals surface area contributed by atoms with E-state index in [0.29, 0.717) is 0 Å². The Bertz CT molecular complexity index is 574. The van der Waals surface area contributed by atoms with E-state index in [4.69, 9.17) is 5.73 Å². The molecule has 2 aromatic carbocycles. The number of hydrogen-bond donors (Lipinski definition) is 4. The third-order valence-electron chi connectivity index (χ3n) is 3.57. The lowest BCUT2D eigenvalue weighted by Crippen LogP contribution is -2.35. The van der Waals surface area contributed by atoms with Crippen molar-refractivity contribution < 1.29 is 5.11 Å². The number of aliphatic hydroxyl groups is 1. The summed E-state index contributed by atoms with van der Waals surface area (Å²) >= 11 is 4.65. The molecule has 0 aliphatic rings. The summed E-state index contributed by atoms with van der Waals surface area (Å²) in [7, 11) is 0. The highest BCUT2D eigenvalue weighted by Crippen LogP contribution is 2.20. The molecule has 2 rings (SSSR count). The van der Waals surface area contributed by atoms with E-state index in [1.54, 1.807) is 0 Å². The van der Waals surface area contributed by atoms with Gasteiger partial charge in [0, 0.05) is 16.6 Å². The van der Waals surface area contributed by atoms with Crippen LogP contribution in [0.1, 0.15) is 11.1 Å². The number of nitrogen functional groups attached to an aromatic ring is 1. The van der Waals surface area contributed by atoms with Crippen LogP contribution in [0.4, 0.5) is 11.4 Å². The largest absolute Gasteiger partial charge is 0.399 e. The Morgan fingerprint density at radius 2 is 1.90 bits per heavy atom. The van der Waals surface area contributed by atoms with E-state index < -0.39 is 0 Å². The van der Waals surface area contributed by atoms with Gasteiger partial charge in [-0.2, -0.15) is 12.6 Å². The molecule has 0 aliphatic carbocycles. The topological polar surface area (TPSA) is 58.3 Å². The fourth-order valence-corrected chi connectivity index (χ4v) is 2.62. The van der Waals surface area contributed by atoms with Crippen molar-refractivity contribution in [2.45, 2.75) is 24.6 Å². The van der Waals surface area contributed by atoms with Crippen molar-refractivity contribution in [1.29, 1.82) is 0 Å². The fourth-order valence-electron chi connectivity index (χ4n) is 2.24. The van der Waals surface area contributed by atoms with Crippen molar-refractivity contribution in [3.8, 4) is 0 Å². The third-order valence-corrected chi connectivity index (χ3v) is 4.11. The van der Waals surface area contributed by atoms with Crippen molar-refractivity contribution in [2.75, 3.05) is 17.7 Å². The third kappa shape index (κ3) is 4.41. The van der Waals surface area contributed by atoms with Gasteiger partial charge in [-0.15, -0.1) is 0 Å².